The predicted molar refractivity (Wildman–Crippen MR) is 75.9 cm³/mol. The van der Waals surface area contributed by atoms with Crippen molar-refractivity contribution in [2.75, 3.05) is 33.0 Å². The Morgan fingerprint density at radius 2 is 1.71 bits per heavy atom. The molecule has 0 radical (unpaired) electrons. The SMILES string of the molecule is O=S(=O)(c1ccc2c(c1)OCO2)N1CCN(C2CC2)CC1. The number of rotatable bonds is 3. The number of hydrogen-bond donors (Lipinski definition) is 0. The molecular weight excluding hydrogens is 292 g/mol. The summed E-state index contributed by atoms with van der Waals surface area (Å²) in [5.74, 6) is 1.11. The lowest BCUT2D eigenvalue weighted by Crippen LogP contribution is -2.49. The van der Waals surface area contributed by atoms with Gasteiger partial charge in [-0.3, -0.25) is 4.90 Å². The van der Waals surface area contributed by atoms with Crippen LogP contribution in [0, 0.1) is 0 Å². The van der Waals surface area contributed by atoms with Crippen LogP contribution in [0.4, 0.5) is 0 Å². The molecule has 0 aromatic heterocycles. The highest BCUT2D eigenvalue weighted by Crippen LogP contribution is 2.35. The summed E-state index contributed by atoms with van der Waals surface area (Å²) in [4.78, 5) is 2.68. The zero-order chi connectivity index (χ0) is 14.4. The van der Waals surface area contributed by atoms with Crippen molar-refractivity contribution < 1.29 is 17.9 Å². The van der Waals surface area contributed by atoms with Crippen LogP contribution < -0.4 is 9.47 Å². The molecule has 6 nitrogen and oxygen atoms in total. The van der Waals surface area contributed by atoms with E-state index in [4.69, 9.17) is 9.47 Å². The molecule has 0 amide bonds. The molecule has 1 aromatic carbocycles. The predicted octanol–water partition coefficient (Wildman–Crippen LogP) is 0.884. The van der Waals surface area contributed by atoms with Crippen molar-refractivity contribution in [1.82, 2.24) is 9.21 Å². The number of ether oxygens (including phenoxy) is 2. The van der Waals surface area contributed by atoms with E-state index in [1.165, 1.54) is 12.8 Å². The lowest BCUT2D eigenvalue weighted by Gasteiger charge is -2.34. The van der Waals surface area contributed by atoms with E-state index in [9.17, 15) is 8.42 Å². The van der Waals surface area contributed by atoms with Crippen molar-refractivity contribution in [1.29, 1.82) is 0 Å². The van der Waals surface area contributed by atoms with Crippen LogP contribution >= 0.6 is 0 Å². The van der Waals surface area contributed by atoms with Crippen molar-refractivity contribution in [3.8, 4) is 11.5 Å². The number of sulfonamides is 1. The maximum atomic E-state index is 12.7. The van der Waals surface area contributed by atoms with Gasteiger partial charge < -0.3 is 9.47 Å². The lowest BCUT2D eigenvalue weighted by molar-refractivity contribution is 0.173. The molecule has 4 rings (SSSR count). The minimum Gasteiger partial charge on any atom is -0.454 e. The van der Waals surface area contributed by atoms with E-state index >= 15 is 0 Å². The van der Waals surface area contributed by atoms with E-state index < -0.39 is 10.0 Å². The van der Waals surface area contributed by atoms with Crippen LogP contribution in [0.5, 0.6) is 11.5 Å². The van der Waals surface area contributed by atoms with Gasteiger partial charge in [-0.25, -0.2) is 8.42 Å². The molecule has 114 valence electrons. The summed E-state index contributed by atoms with van der Waals surface area (Å²) < 4.78 is 37.4. The molecule has 0 N–H and O–H groups in total. The van der Waals surface area contributed by atoms with Crippen LogP contribution in [-0.2, 0) is 10.0 Å². The molecule has 3 aliphatic rings. The van der Waals surface area contributed by atoms with Gasteiger partial charge in [0.05, 0.1) is 4.90 Å². The standard InChI is InChI=1S/C14H18N2O4S/c17-21(18,12-3-4-13-14(9-12)20-10-19-13)16-7-5-15(6-8-16)11-1-2-11/h3-4,9,11H,1-2,5-8,10H2. The third-order valence-corrected chi connectivity index (χ3v) is 6.21. The first-order valence-electron chi connectivity index (χ1n) is 7.28. The second kappa shape index (κ2) is 4.86. The van der Waals surface area contributed by atoms with E-state index in [1.54, 1.807) is 22.5 Å². The summed E-state index contributed by atoms with van der Waals surface area (Å²) in [5.41, 5.74) is 0. The molecule has 2 heterocycles. The van der Waals surface area contributed by atoms with Crippen LogP contribution in [0.1, 0.15) is 12.8 Å². The zero-order valence-corrected chi connectivity index (χ0v) is 12.5. The minimum absolute atomic E-state index is 0.152. The van der Waals surface area contributed by atoms with E-state index in [0.717, 1.165) is 13.1 Å². The van der Waals surface area contributed by atoms with Gasteiger partial charge in [-0.1, -0.05) is 0 Å². The number of hydrogen-bond acceptors (Lipinski definition) is 5. The van der Waals surface area contributed by atoms with Crippen LogP contribution in [0.25, 0.3) is 0 Å². The Kier molecular flexibility index (Phi) is 3.09. The zero-order valence-electron chi connectivity index (χ0n) is 11.7. The summed E-state index contributed by atoms with van der Waals surface area (Å²) in [6.07, 6.45) is 2.52. The van der Waals surface area contributed by atoms with E-state index in [-0.39, 0.29) is 11.7 Å². The van der Waals surface area contributed by atoms with Crippen LogP contribution in [0.15, 0.2) is 23.1 Å². The topological polar surface area (TPSA) is 59.1 Å². The van der Waals surface area contributed by atoms with Crippen molar-refractivity contribution in [2.24, 2.45) is 0 Å². The van der Waals surface area contributed by atoms with Gasteiger partial charge >= 0.3 is 0 Å². The lowest BCUT2D eigenvalue weighted by atomic mass is 10.3. The quantitative estimate of drug-likeness (QED) is 0.829. The first-order valence-corrected chi connectivity index (χ1v) is 8.72. The number of benzene rings is 1. The van der Waals surface area contributed by atoms with Gasteiger partial charge in [0.15, 0.2) is 11.5 Å². The fourth-order valence-corrected chi connectivity index (χ4v) is 4.37. The Morgan fingerprint density at radius 3 is 2.43 bits per heavy atom. The third kappa shape index (κ3) is 2.39. The molecule has 1 saturated heterocycles. The van der Waals surface area contributed by atoms with Gasteiger partial charge in [0, 0.05) is 38.3 Å². The van der Waals surface area contributed by atoms with Gasteiger partial charge in [-0.05, 0) is 25.0 Å². The van der Waals surface area contributed by atoms with Crippen molar-refractivity contribution >= 4 is 10.0 Å². The average Bonchev–Trinajstić information content (AvgIpc) is 3.24. The number of nitrogens with zero attached hydrogens (tertiary/aromatic N) is 2. The Balaban J connectivity index is 1.53. The van der Waals surface area contributed by atoms with Crippen LogP contribution in [0.2, 0.25) is 0 Å². The van der Waals surface area contributed by atoms with Gasteiger partial charge in [0.1, 0.15) is 0 Å². The Labute approximate surface area is 124 Å². The van der Waals surface area contributed by atoms with Gasteiger partial charge in [-0.2, -0.15) is 4.31 Å². The first-order chi connectivity index (χ1) is 10.1. The molecule has 1 saturated carbocycles. The monoisotopic (exact) mass is 310 g/mol. The Hall–Kier alpha value is -1.31. The molecule has 2 aliphatic heterocycles. The maximum Gasteiger partial charge on any atom is 0.243 e. The second-order valence-corrected chi connectivity index (χ2v) is 7.62. The summed E-state index contributed by atoms with van der Waals surface area (Å²) in [6.45, 7) is 2.93. The minimum atomic E-state index is -3.44. The molecule has 0 unspecified atom stereocenters. The van der Waals surface area contributed by atoms with E-state index in [1.807, 2.05) is 0 Å². The third-order valence-electron chi connectivity index (χ3n) is 4.32. The highest BCUT2D eigenvalue weighted by molar-refractivity contribution is 7.89. The summed E-state index contributed by atoms with van der Waals surface area (Å²) in [7, 11) is -3.44. The fraction of sp³-hybridized carbons (Fsp3) is 0.571. The van der Waals surface area contributed by atoms with Gasteiger partial charge in [-0.15, -0.1) is 0 Å². The van der Waals surface area contributed by atoms with Crippen molar-refractivity contribution in [3.63, 3.8) is 0 Å². The highest BCUT2D eigenvalue weighted by Gasteiger charge is 2.35. The molecule has 1 aromatic rings. The Bertz CT molecular complexity index is 649. The Morgan fingerprint density at radius 1 is 1.00 bits per heavy atom. The van der Waals surface area contributed by atoms with Crippen molar-refractivity contribution in [2.45, 2.75) is 23.8 Å². The summed E-state index contributed by atoms with van der Waals surface area (Å²) >= 11 is 0. The van der Waals surface area contributed by atoms with Gasteiger partial charge in [0.2, 0.25) is 16.8 Å². The molecule has 0 atom stereocenters. The first kappa shape index (κ1) is 13.4. The summed E-state index contributed by atoms with van der Waals surface area (Å²) in [6, 6.07) is 5.51. The van der Waals surface area contributed by atoms with E-state index in [2.05, 4.69) is 4.90 Å². The van der Waals surface area contributed by atoms with E-state index in [0.29, 0.717) is 30.6 Å². The number of fused-ring (bicyclic) bond motifs is 1. The molecule has 0 bridgehead atoms. The molecule has 1 aliphatic carbocycles. The molecule has 0 spiro atoms. The second-order valence-electron chi connectivity index (χ2n) is 5.69. The molecule has 2 fully saturated rings. The highest BCUT2D eigenvalue weighted by atomic mass is 32.2. The molecule has 7 heteroatoms. The average molecular weight is 310 g/mol. The number of piperazine rings is 1. The fourth-order valence-electron chi connectivity index (χ4n) is 2.94. The van der Waals surface area contributed by atoms with Crippen LogP contribution in [0.3, 0.4) is 0 Å². The largest absolute Gasteiger partial charge is 0.454 e. The molecule has 21 heavy (non-hydrogen) atoms. The maximum absolute atomic E-state index is 12.7. The summed E-state index contributed by atoms with van der Waals surface area (Å²) in [5, 5.41) is 0. The van der Waals surface area contributed by atoms with Crippen LogP contribution in [-0.4, -0.2) is 56.6 Å². The van der Waals surface area contributed by atoms with Crippen molar-refractivity contribution in [3.05, 3.63) is 18.2 Å². The normalized spacial score (nSPS) is 23.4. The van der Waals surface area contributed by atoms with Gasteiger partial charge in [0.25, 0.3) is 0 Å². The molecular formula is C14H18N2O4S. The smallest absolute Gasteiger partial charge is 0.243 e.